The molecular formula is C72H76BN3. The van der Waals surface area contributed by atoms with Crippen LogP contribution in [0.5, 0.6) is 0 Å². The van der Waals surface area contributed by atoms with Gasteiger partial charge in [0.1, 0.15) is 0 Å². The normalized spacial score (nSPS) is 18.2. The molecule has 0 atom stereocenters. The van der Waals surface area contributed by atoms with Crippen molar-refractivity contribution < 1.29 is 0 Å². The van der Waals surface area contributed by atoms with Gasteiger partial charge in [-0.15, -0.1) is 0 Å². The highest BCUT2D eigenvalue weighted by Crippen LogP contribution is 2.56. The van der Waals surface area contributed by atoms with Gasteiger partial charge in [0, 0.05) is 56.6 Å². The highest BCUT2D eigenvalue weighted by molar-refractivity contribution is 7.00. The number of nitrogens with zero attached hydrogens (tertiary/aromatic N) is 3. The standard InChI is InChI=1S/C72H76BN3/c1-44-34-64-66-65(35-44)76(61-41-57-55(36-45(61)2)68(6,7)32-33-69(57,8)9)63-42-58-56(70(10,11)43-71(58,12)13)40-60(63)73(66)59-31-28-50(74(47-22-18-16-19-23-47)48-24-20-17-21-25-48)39-62(59)75(64)49-27-30-53-52(38-49)51-29-26-46(67(3,4)5)37-54(51)72(53,14)15/h16-31,34-42H,32-33,43H2,1-15H3. The third-order valence-corrected chi connectivity index (χ3v) is 19.2. The van der Waals surface area contributed by atoms with Crippen molar-refractivity contribution in [2.24, 2.45) is 0 Å². The summed E-state index contributed by atoms with van der Waals surface area (Å²) in [5.41, 5.74) is 30.6. The Labute approximate surface area is 455 Å². The van der Waals surface area contributed by atoms with Crippen LogP contribution in [-0.4, -0.2) is 6.71 Å². The fraction of sp³-hybridized carbons (Fsp3) is 0.333. The van der Waals surface area contributed by atoms with Crippen LogP contribution in [0.15, 0.2) is 152 Å². The number of rotatable bonds is 5. The molecule has 0 saturated heterocycles. The van der Waals surface area contributed by atoms with Crippen molar-refractivity contribution in [3.63, 3.8) is 0 Å². The maximum Gasteiger partial charge on any atom is 0.252 e. The first kappa shape index (κ1) is 48.8. The molecule has 5 aliphatic rings. The van der Waals surface area contributed by atoms with Crippen LogP contribution in [0.3, 0.4) is 0 Å². The second-order valence-electron chi connectivity index (χ2n) is 27.8. The molecule has 3 aliphatic carbocycles. The monoisotopic (exact) mass is 994 g/mol. The number of para-hydroxylation sites is 2. The van der Waals surface area contributed by atoms with Crippen molar-refractivity contribution in [2.45, 2.75) is 156 Å². The average molecular weight is 994 g/mol. The Morgan fingerprint density at radius 1 is 0.434 bits per heavy atom. The number of fused-ring (bicyclic) bond motifs is 9. The first-order chi connectivity index (χ1) is 35.9. The minimum absolute atomic E-state index is 0.0120. The minimum Gasteiger partial charge on any atom is -0.311 e. The molecule has 8 aromatic carbocycles. The van der Waals surface area contributed by atoms with E-state index in [0.29, 0.717) is 0 Å². The first-order valence-corrected chi connectivity index (χ1v) is 28.3. The predicted octanol–water partition coefficient (Wildman–Crippen LogP) is 17.8. The molecule has 3 nitrogen and oxygen atoms in total. The number of anilines is 9. The van der Waals surface area contributed by atoms with Crippen LogP contribution in [0.1, 0.15) is 159 Å². The molecule has 0 saturated carbocycles. The van der Waals surface area contributed by atoms with Gasteiger partial charge < -0.3 is 14.7 Å². The van der Waals surface area contributed by atoms with Crippen LogP contribution < -0.4 is 31.1 Å². The SMILES string of the molecule is Cc1cc2c3c(c1)N(c1cc4c(cc1C)C(C)(C)CCC4(C)C)c1cc4c(cc1B3c1ccc(N(c3ccccc3)c3ccccc3)cc1N2c1ccc2c(c1)-c1ccc(C(C)(C)C)cc1C2(C)C)C(C)(C)CC4(C)C. The van der Waals surface area contributed by atoms with E-state index in [-0.39, 0.29) is 39.2 Å². The Balaban J connectivity index is 1.12. The van der Waals surface area contributed by atoms with Crippen molar-refractivity contribution in [3.8, 4) is 11.1 Å². The molecular weight excluding hydrogens is 918 g/mol. The van der Waals surface area contributed by atoms with E-state index < -0.39 is 0 Å². The third-order valence-electron chi connectivity index (χ3n) is 19.2. The summed E-state index contributed by atoms with van der Waals surface area (Å²) in [6.07, 6.45) is 3.47. The second kappa shape index (κ2) is 16.1. The van der Waals surface area contributed by atoms with Gasteiger partial charge in [-0.2, -0.15) is 0 Å². The average Bonchev–Trinajstić information content (AvgIpc) is 3.82. The summed E-state index contributed by atoms with van der Waals surface area (Å²) < 4.78 is 0. The Bertz CT molecular complexity index is 3690. The van der Waals surface area contributed by atoms with E-state index in [2.05, 4.69) is 270 Å². The minimum atomic E-state index is -0.139. The Morgan fingerprint density at radius 2 is 1.00 bits per heavy atom. The van der Waals surface area contributed by atoms with E-state index in [1.54, 1.807) is 0 Å². The van der Waals surface area contributed by atoms with Crippen molar-refractivity contribution in [2.75, 3.05) is 14.7 Å². The molecule has 2 heterocycles. The summed E-state index contributed by atoms with van der Waals surface area (Å²) in [6.45, 7) is 36.3. The Morgan fingerprint density at radius 3 is 1.63 bits per heavy atom. The van der Waals surface area contributed by atoms with E-state index in [4.69, 9.17) is 0 Å². The molecule has 8 aromatic rings. The van der Waals surface area contributed by atoms with Gasteiger partial charge in [-0.25, -0.2) is 0 Å². The zero-order chi connectivity index (χ0) is 53.4. The molecule has 0 spiro atoms. The summed E-state index contributed by atoms with van der Waals surface area (Å²) in [7, 11) is 0. The molecule has 382 valence electrons. The van der Waals surface area contributed by atoms with Crippen LogP contribution in [-0.2, 0) is 32.5 Å². The zero-order valence-electron chi connectivity index (χ0n) is 48.0. The Kier molecular flexibility index (Phi) is 10.4. The van der Waals surface area contributed by atoms with Crippen molar-refractivity contribution >= 4 is 74.3 Å². The topological polar surface area (TPSA) is 9.72 Å². The van der Waals surface area contributed by atoms with E-state index in [1.165, 1.54) is 125 Å². The molecule has 13 rings (SSSR count). The van der Waals surface area contributed by atoms with Gasteiger partial charge in [0.2, 0.25) is 0 Å². The fourth-order valence-electron chi connectivity index (χ4n) is 15.2. The lowest BCUT2D eigenvalue weighted by molar-refractivity contribution is 0.332. The lowest BCUT2D eigenvalue weighted by Gasteiger charge is -2.46. The molecule has 0 unspecified atom stereocenters. The molecule has 4 heteroatoms. The predicted molar refractivity (Wildman–Crippen MR) is 327 cm³/mol. The molecule has 0 radical (unpaired) electrons. The number of hydrogen-bond acceptors (Lipinski definition) is 3. The molecule has 2 aliphatic heterocycles. The maximum absolute atomic E-state index is 2.73. The highest BCUT2D eigenvalue weighted by Gasteiger charge is 2.49. The van der Waals surface area contributed by atoms with Crippen LogP contribution in [0, 0.1) is 13.8 Å². The van der Waals surface area contributed by atoms with Crippen molar-refractivity contribution in [1.82, 2.24) is 0 Å². The van der Waals surface area contributed by atoms with Crippen molar-refractivity contribution in [3.05, 3.63) is 202 Å². The van der Waals surface area contributed by atoms with E-state index in [0.717, 1.165) is 23.5 Å². The lowest BCUT2D eigenvalue weighted by Crippen LogP contribution is -2.61. The van der Waals surface area contributed by atoms with Gasteiger partial charge in [-0.3, -0.25) is 0 Å². The third kappa shape index (κ3) is 7.14. The maximum atomic E-state index is 2.73. The summed E-state index contributed by atoms with van der Waals surface area (Å²) in [4.78, 5) is 7.81. The smallest absolute Gasteiger partial charge is 0.252 e. The zero-order valence-corrected chi connectivity index (χ0v) is 48.0. The van der Waals surface area contributed by atoms with E-state index in [1.807, 2.05) is 0 Å². The summed E-state index contributed by atoms with van der Waals surface area (Å²) in [6, 6.07) is 59.4. The summed E-state index contributed by atoms with van der Waals surface area (Å²) in [5.74, 6) is 0. The molecule has 0 aromatic heterocycles. The fourth-order valence-corrected chi connectivity index (χ4v) is 15.2. The van der Waals surface area contributed by atoms with Gasteiger partial charge in [0.05, 0.1) is 0 Å². The van der Waals surface area contributed by atoms with Crippen molar-refractivity contribution in [1.29, 1.82) is 0 Å². The Hall–Kier alpha value is -6.78. The first-order valence-electron chi connectivity index (χ1n) is 28.3. The van der Waals surface area contributed by atoms with Crippen LogP contribution in [0.2, 0.25) is 0 Å². The van der Waals surface area contributed by atoms with Crippen LogP contribution >= 0.6 is 0 Å². The van der Waals surface area contributed by atoms with Crippen LogP contribution in [0.25, 0.3) is 11.1 Å². The molecule has 0 amide bonds. The second-order valence-corrected chi connectivity index (χ2v) is 27.8. The van der Waals surface area contributed by atoms with Crippen LogP contribution in [0.4, 0.5) is 51.2 Å². The van der Waals surface area contributed by atoms with Gasteiger partial charge in [-0.05, 0) is 211 Å². The van der Waals surface area contributed by atoms with Gasteiger partial charge in [-0.1, -0.05) is 169 Å². The number of hydrogen-bond donors (Lipinski definition) is 0. The largest absolute Gasteiger partial charge is 0.311 e. The lowest BCUT2D eigenvalue weighted by atomic mass is 9.33. The van der Waals surface area contributed by atoms with E-state index in [9.17, 15) is 0 Å². The molecule has 0 N–H and O–H groups in total. The van der Waals surface area contributed by atoms with Gasteiger partial charge >= 0.3 is 0 Å². The quantitative estimate of drug-likeness (QED) is 0.159. The molecule has 0 bridgehead atoms. The molecule has 76 heavy (non-hydrogen) atoms. The molecule has 0 fully saturated rings. The number of aryl methyl sites for hydroxylation is 2. The summed E-state index contributed by atoms with van der Waals surface area (Å²) in [5, 5.41) is 0. The van der Waals surface area contributed by atoms with E-state index >= 15 is 0 Å². The van der Waals surface area contributed by atoms with Gasteiger partial charge in [0.15, 0.2) is 0 Å². The van der Waals surface area contributed by atoms with Gasteiger partial charge in [0.25, 0.3) is 6.71 Å². The highest BCUT2D eigenvalue weighted by atomic mass is 15.2. The number of benzene rings is 8. The summed E-state index contributed by atoms with van der Waals surface area (Å²) >= 11 is 0.